The third kappa shape index (κ3) is 2.02. The molecule has 0 bridgehead atoms. The monoisotopic (exact) mass is 180 g/mol. The molecule has 0 aromatic heterocycles. The van der Waals surface area contributed by atoms with E-state index in [2.05, 4.69) is 12.1 Å². The average molecular weight is 180 g/mol. The number of benzene rings is 1. The first kappa shape index (κ1) is 8.14. The second-order valence-electron chi connectivity index (χ2n) is 2.96. The van der Waals surface area contributed by atoms with Crippen LogP contribution in [0.2, 0.25) is 0 Å². The Morgan fingerprint density at radius 2 is 2.00 bits per heavy atom. The van der Waals surface area contributed by atoms with Crippen LogP contribution in [0.1, 0.15) is 5.56 Å². The molecule has 1 aromatic rings. The molecule has 0 N–H and O–H groups in total. The lowest BCUT2D eigenvalue weighted by Gasteiger charge is -2.24. The van der Waals surface area contributed by atoms with E-state index in [-0.39, 0.29) is 0 Å². The van der Waals surface area contributed by atoms with Gasteiger partial charge in [-0.15, -0.1) is 0 Å². The molecule has 0 spiro atoms. The standard InChI is InChI=1S/C10H12OS/c1-2-4-9(5-3-1)6-11-10-7-12-8-10/h1-5,10H,6-8H2. The average Bonchev–Trinajstić information content (AvgIpc) is 2.04. The van der Waals surface area contributed by atoms with Gasteiger partial charge in [0.2, 0.25) is 0 Å². The number of thioether (sulfide) groups is 1. The van der Waals surface area contributed by atoms with Crippen molar-refractivity contribution in [1.29, 1.82) is 0 Å². The Morgan fingerprint density at radius 3 is 2.58 bits per heavy atom. The van der Waals surface area contributed by atoms with Crippen molar-refractivity contribution in [3.05, 3.63) is 35.9 Å². The molecule has 1 heterocycles. The van der Waals surface area contributed by atoms with Crippen LogP contribution in [0.4, 0.5) is 0 Å². The Hall–Kier alpha value is -0.470. The molecule has 1 aromatic carbocycles. The maximum absolute atomic E-state index is 5.64. The molecule has 0 amide bonds. The summed E-state index contributed by atoms with van der Waals surface area (Å²) in [6.45, 7) is 0.770. The van der Waals surface area contributed by atoms with Crippen LogP contribution >= 0.6 is 11.8 Å². The van der Waals surface area contributed by atoms with Gasteiger partial charge in [0.25, 0.3) is 0 Å². The molecule has 12 heavy (non-hydrogen) atoms. The van der Waals surface area contributed by atoms with E-state index in [1.807, 2.05) is 30.0 Å². The Labute approximate surface area is 77.1 Å². The zero-order valence-electron chi connectivity index (χ0n) is 6.90. The highest BCUT2D eigenvalue weighted by atomic mass is 32.2. The maximum Gasteiger partial charge on any atom is 0.0760 e. The fourth-order valence-electron chi connectivity index (χ4n) is 1.10. The molecule has 0 unspecified atom stereocenters. The van der Waals surface area contributed by atoms with Gasteiger partial charge in [-0.2, -0.15) is 11.8 Å². The molecule has 64 valence electrons. The second-order valence-corrected chi connectivity index (χ2v) is 4.03. The van der Waals surface area contributed by atoms with E-state index in [0.29, 0.717) is 6.10 Å². The summed E-state index contributed by atoms with van der Waals surface area (Å²) in [5.74, 6) is 2.35. The molecule has 1 aliphatic rings. The Kier molecular flexibility index (Phi) is 2.69. The minimum Gasteiger partial charge on any atom is -0.372 e. The molecular weight excluding hydrogens is 168 g/mol. The van der Waals surface area contributed by atoms with Gasteiger partial charge in [-0.1, -0.05) is 30.3 Å². The van der Waals surface area contributed by atoms with E-state index >= 15 is 0 Å². The van der Waals surface area contributed by atoms with Gasteiger partial charge in [0.05, 0.1) is 12.7 Å². The van der Waals surface area contributed by atoms with Crippen molar-refractivity contribution in [2.24, 2.45) is 0 Å². The maximum atomic E-state index is 5.64. The van der Waals surface area contributed by atoms with Crippen molar-refractivity contribution in [3.63, 3.8) is 0 Å². The summed E-state index contributed by atoms with van der Waals surface area (Å²) in [4.78, 5) is 0. The lowest BCUT2D eigenvalue weighted by molar-refractivity contribution is 0.0647. The van der Waals surface area contributed by atoms with Crippen LogP contribution in [0.5, 0.6) is 0 Å². The van der Waals surface area contributed by atoms with Gasteiger partial charge in [0.15, 0.2) is 0 Å². The van der Waals surface area contributed by atoms with Crippen LogP contribution in [-0.4, -0.2) is 17.6 Å². The predicted octanol–water partition coefficient (Wildman–Crippen LogP) is 2.32. The Morgan fingerprint density at radius 1 is 1.25 bits per heavy atom. The van der Waals surface area contributed by atoms with E-state index in [1.54, 1.807) is 0 Å². The van der Waals surface area contributed by atoms with Crippen molar-refractivity contribution in [2.75, 3.05) is 11.5 Å². The largest absolute Gasteiger partial charge is 0.372 e. The molecule has 0 atom stereocenters. The number of ether oxygens (including phenoxy) is 1. The van der Waals surface area contributed by atoms with Crippen LogP contribution in [-0.2, 0) is 11.3 Å². The zero-order chi connectivity index (χ0) is 8.23. The third-order valence-corrected chi connectivity index (χ3v) is 3.15. The first-order chi connectivity index (χ1) is 5.95. The van der Waals surface area contributed by atoms with Crippen LogP contribution in [0.15, 0.2) is 30.3 Å². The summed E-state index contributed by atoms with van der Waals surface area (Å²) in [6, 6.07) is 10.3. The van der Waals surface area contributed by atoms with Crippen molar-refractivity contribution in [2.45, 2.75) is 12.7 Å². The highest BCUT2D eigenvalue weighted by Gasteiger charge is 2.17. The van der Waals surface area contributed by atoms with E-state index in [4.69, 9.17) is 4.74 Å². The van der Waals surface area contributed by atoms with Gasteiger partial charge in [-0.05, 0) is 5.56 Å². The van der Waals surface area contributed by atoms with Gasteiger partial charge in [0.1, 0.15) is 0 Å². The number of rotatable bonds is 3. The van der Waals surface area contributed by atoms with Gasteiger partial charge < -0.3 is 4.74 Å². The summed E-state index contributed by atoms with van der Waals surface area (Å²) in [7, 11) is 0. The van der Waals surface area contributed by atoms with Gasteiger partial charge in [-0.3, -0.25) is 0 Å². The molecule has 1 aliphatic heterocycles. The van der Waals surface area contributed by atoms with E-state index in [1.165, 1.54) is 17.1 Å². The summed E-state index contributed by atoms with van der Waals surface area (Å²) >= 11 is 1.96. The van der Waals surface area contributed by atoms with E-state index < -0.39 is 0 Å². The van der Waals surface area contributed by atoms with Crippen LogP contribution in [0.3, 0.4) is 0 Å². The lowest BCUT2D eigenvalue weighted by Crippen LogP contribution is -2.27. The van der Waals surface area contributed by atoms with E-state index in [9.17, 15) is 0 Å². The summed E-state index contributed by atoms with van der Waals surface area (Å²) in [5, 5.41) is 0. The number of hydrogen-bond acceptors (Lipinski definition) is 2. The van der Waals surface area contributed by atoms with E-state index in [0.717, 1.165) is 6.61 Å². The second kappa shape index (κ2) is 3.97. The molecule has 1 nitrogen and oxygen atoms in total. The first-order valence-electron chi connectivity index (χ1n) is 4.18. The summed E-state index contributed by atoms with van der Waals surface area (Å²) in [6.07, 6.45) is 0.509. The van der Waals surface area contributed by atoms with Crippen molar-refractivity contribution < 1.29 is 4.74 Å². The zero-order valence-corrected chi connectivity index (χ0v) is 7.72. The van der Waals surface area contributed by atoms with Crippen molar-refractivity contribution in [3.8, 4) is 0 Å². The van der Waals surface area contributed by atoms with Gasteiger partial charge in [0, 0.05) is 11.5 Å². The summed E-state index contributed by atoms with van der Waals surface area (Å²) in [5.41, 5.74) is 1.27. The van der Waals surface area contributed by atoms with Gasteiger partial charge >= 0.3 is 0 Å². The molecule has 1 saturated heterocycles. The fourth-order valence-corrected chi connectivity index (χ4v) is 1.72. The van der Waals surface area contributed by atoms with Crippen LogP contribution in [0, 0.1) is 0 Å². The Bertz CT molecular complexity index is 231. The molecule has 0 aliphatic carbocycles. The quantitative estimate of drug-likeness (QED) is 0.706. The molecule has 2 rings (SSSR count). The molecule has 0 radical (unpaired) electrons. The minimum atomic E-state index is 0.509. The lowest BCUT2D eigenvalue weighted by atomic mass is 10.2. The van der Waals surface area contributed by atoms with Crippen LogP contribution < -0.4 is 0 Å². The predicted molar refractivity (Wildman–Crippen MR) is 52.3 cm³/mol. The Balaban J connectivity index is 1.79. The highest BCUT2D eigenvalue weighted by Crippen LogP contribution is 2.21. The highest BCUT2D eigenvalue weighted by molar-refractivity contribution is 8.00. The third-order valence-electron chi connectivity index (χ3n) is 1.94. The molecular formula is C10H12OS. The normalized spacial score (nSPS) is 17.3. The first-order valence-corrected chi connectivity index (χ1v) is 5.34. The summed E-state index contributed by atoms with van der Waals surface area (Å²) < 4.78 is 5.64. The van der Waals surface area contributed by atoms with Gasteiger partial charge in [-0.25, -0.2) is 0 Å². The smallest absolute Gasteiger partial charge is 0.0760 e. The van der Waals surface area contributed by atoms with Crippen molar-refractivity contribution >= 4 is 11.8 Å². The molecule has 1 fully saturated rings. The van der Waals surface area contributed by atoms with Crippen LogP contribution in [0.25, 0.3) is 0 Å². The molecule has 0 saturated carbocycles. The fraction of sp³-hybridized carbons (Fsp3) is 0.400. The molecule has 2 heteroatoms. The number of hydrogen-bond donors (Lipinski definition) is 0. The SMILES string of the molecule is c1ccc(COC2CSC2)cc1. The topological polar surface area (TPSA) is 9.23 Å². The van der Waals surface area contributed by atoms with Crippen molar-refractivity contribution in [1.82, 2.24) is 0 Å². The minimum absolute atomic E-state index is 0.509.